The number of para-hydroxylation sites is 2. The van der Waals surface area contributed by atoms with Crippen LogP contribution in [0, 0.1) is 6.92 Å². The highest BCUT2D eigenvalue weighted by Gasteiger charge is 2.26. The van der Waals surface area contributed by atoms with E-state index in [-0.39, 0.29) is 5.91 Å². The van der Waals surface area contributed by atoms with E-state index in [0.29, 0.717) is 24.6 Å². The Morgan fingerprint density at radius 2 is 1.62 bits per heavy atom. The molecular formula is C25H28N2O2. The van der Waals surface area contributed by atoms with E-state index >= 15 is 0 Å². The molecule has 0 heterocycles. The van der Waals surface area contributed by atoms with Gasteiger partial charge < -0.3 is 10.1 Å². The maximum atomic E-state index is 13.4. The highest BCUT2D eigenvalue weighted by Crippen LogP contribution is 2.28. The maximum absolute atomic E-state index is 13.4. The summed E-state index contributed by atoms with van der Waals surface area (Å²) in [7, 11) is 1.98. The summed E-state index contributed by atoms with van der Waals surface area (Å²) in [5, 5.41) is 3.07. The lowest BCUT2D eigenvalue weighted by Gasteiger charge is -2.28. The minimum atomic E-state index is -0.425. The number of carbonyl (C=O) groups excluding carboxylic acids is 1. The molecule has 0 aliphatic carbocycles. The predicted molar refractivity (Wildman–Crippen MR) is 118 cm³/mol. The van der Waals surface area contributed by atoms with Crippen molar-refractivity contribution in [3.05, 3.63) is 95.6 Å². The predicted octanol–water partition coefficient (Wildman–Crippen LogP) is 5.21. The first kappa shape index (κ1) is 20.6. The van der Waals surface area contributed by atoms with Crippen LogP contribution in [-0.4, -0.2) is 24.5 Å². The molecule has 0 aromatic heterocycles. The molecule has 3 rings (SSSR count). The third kappa shape index (κ3) is 5.24. The van der Waals surface area contributed by atoms with Gasteiger partial charge in [-0.05, 0) is 49.7 Å². The van der Waals surface area contributed by atoms with Crippen LogP contribution in [0.4, 0.5) is 5.69 Å². The van der Waals surface area contributed by atoms with E-state index in [1.54, 1.807) is 0 Å². The molecule has 3 aromatic carbocycles. The first-order valence-electron chi connectivity index (χ1n) is 9.92. The molecule has 1 amide bonds. The van der Waals surface area contributed by atoms with Crippen LogP contribution in [0.1, 0.15) is 29.7 Å². The van der Waals surface area contributed by atoms with Gasteiger partial charge in [0.2, 0.25) is 5.91 Å². The number of carbonyl (C=O) groups is 1. The molecular weight excluding hydrogens is 360 g/mol. The number of benzene rings is 3. The van der Waals surface area contributed by atoms with Gasteiger partial charge in [-0.3, -0.25) is 9.69 Å². The number of rotatable bonds is 8. The monoisotopic (exact) mass is 388 g/mol. The third-order valence-corrected chi connectivity index (χ3v) is 4.93. The fraction of sp³-hybridized carbons (Fsp3) is 0.240. The molecule has 150 valence electrons. The first-order chi connectivity index (χ1) is 14.1. The van der Waals surface area contributed by atoms with Crippen molar-refractivity contribution in [3.63, 3.8) is 0 Å². The Balaban J connectivity index is 1.88. The number of ether oxygens (including phenoxy) is 1. The summed E-state index contributed by atoms with van der Waals surface area (Å²) in [5.74, 6) is 0.594. The molecule has 0 bridgehead atoms. The van der Waals surface area contributed by atoms with Gasteiger partial charge in [-0.1, -0.05) is 66.7 Å². The molecule has 0 spiro atoms. The zero-order chi connectivity index (χ0) is 20.6. The van der Waals surface area contributed by atoms with Crippen LogP contribution in [0.5, 0.6) is 5.75 Å². The lowest BCUT2D eigenvalue weighted by molar-refractivity contribution is -0.121. The smallest absolute Gasteiger partial charge is 0.246 e. The van der Waals surface area contributed by atoms with Gasteiger partial charge in [-0.15, -0.1) is 0 Å². The van der Waals surface area contributed by atoms with Crippen molar-refractivity contribution in [3.8, 4) is 5.75 Å². The largest absolute Gasteiger partial charge is 0.492 e. The van der Waals surface area contributed by atoms with Crippen molar-refractivity contribution in [1.29, 1.82) is 0 Å². The van der Waals surface area contributed by atoms with Crippen LogP contribution >= 0.6 is 0 Å². The highest BCUT2D eigenvalue weighted by atomic mass is 16.5. The van der Waals surface area contributed by atoms with Crippen LogP contribution in [0.25, 0.3) is 0 Å². The number of hydrogen-bond donors (Lipinski definition) is 1. The second-order valence-corrected chi connectivity index (χ2v) is 7.07. The molecule has 0 radical (unpaired) electrons. The van der Waals surface area contributed by atoms with Gasteiger partial charge in [0, 0.05) is 6.54 Å². The van der Waals surface area contributed by atoms with Crippen molar-refractivity contribution in [2.45, 2.75) is 26.4 Å². The minimum absolute atomic E-state index is 0.0839. The number of nitrogens with zero attached hydrogens (tertiary/aromatic N) is 1. The van der Waals surface area contributed by atoms with E-state index in [1.807, 2.05) is 80.7 Å². The summed E-state index contributed by atoms with van der Waals surface area (Å²) in [6, 6.07) is 25.3. The van der Waals surface area contributed by atoms with Crippen molar-refractivity contribution in [2.75, 3.05) is 19.0 Å². The van der Waals surface area contributed by atoms with E-state index in [9.17, 15) is 4.79 Å². The lowest BCUT2D eigenvalue weighted by Crippen LogP contribution is -2.34. The molecule has 0 saturated heterocycles. The van der Waals surface area contributed by atoms with E-state index in [2.05, 4.69) is 29.3 Å². The normalized spacial score (nSPS) is 11.9. The second-order valence-electron chi connectivity index (χ2n) is 7.07. The maximum Gasteiger partial charge on any atom is 0.246 e. The Morgan fingerprint density at radius 3 is 2.34 bits per heavy atom. The zero-order valence-corrected chi connectivity index (χ0v) is 17.3. The fourth-order valence-corrected chi connectivity index (χ4v) is 3.44. The molecule has 0 fully saturated rings. The molecule has 29 heavy (non-hydrogen) atoms. The van der Waals surface area contributed by atoms with Crippen LogP contribution in [-0.2, 0) is 11.3 Å². The van der Waals surface area contributed by atoms with Crippen molar-refractivity contribution in [2.24, 2.45) is 0 Å². The Morgan fingerprint density at radius 1 is 0.966 bits per heavy atom. The average molecular weight is 389 g/mol. The summed E-state index contributed by atoms with van der Waals surface area (Å²) in [6.45, 7) is 5.25. The standard InChI is InChI=1S/C25H28N2O2/c1-4-29-23-17-11-10-16-22(23)26-25(28)24(20-13-6-5-7-14-20)27(3)18-21-15-9-8-12-19(21)2/h5-17,24H,4,18H2,1-3H3,(H,26,28). The quantitative estimate of drug-likeness (QED) is 0.576. The van der Waals surface area contributed by atoms with Gasteiger partial charge in [-0.25, -0.2) is 0 Å². The Bertz CT molecular complexity index is 940. The van der Waals surface area contributed by atoms with Gasteiger partial charge in [0.15, 0.2) is 0 Å². The summed E-state index contributed by atoms with van der Waals surface area (Å²) in [6.07, 6.45) is 0. The first-order valence-corrected chi connectivity index (χ1v) is 9.92. The molecule has 1 N–H and O–H groups in total. The average Bonchev–Trinajstić information content (AvgIpc) is 2.72. The number of hydrogen-bond acceptors (Lipinski definition) is 3. The molecule has 1 atom stereocenters. The summed E-state index contributed by atoms with van der Waals surface area (Å²) in [5.41, 5.74) is 4.06. The highest BCUT2D eigenvalue weighted by molar-refractivity contribution is 5.96. The van der Waals surface area contributed by atoms with Gasteiger partial charge in [-0.2, -0.15) is 0 Å². The van der Waals surface area contributed by atoms with E-state index in [4.69, 9.17) is 4.74 Å². The lowest BCUT2D eigenvalue weighted by atomic mass is 10.0. The van der Waals surface area contributed by atoms with Crippen LogP contribution < -0.4 is 10.1 Å². The molecule has 3 aromatic rings. The molecule has 4 nitrogen and oxygen atoms in total. The van der Waals surface area contributed by atoms with Crippen molar-refractivity contribution < 1.29 is 9.53 Å². The Hall–Kier alpha value is -3.11. The van der Waals surface area contributed by atoms with E-state index in [1.165, 1.54) is 11.1 Å². The Labute approximate surface area is 173 Å². The van der Waals surface area contributed by atoms with Crippen molar-refractivity contribution in [1.82, 2.24) is 4.90 Å². The SMILES string of the molecule is CCOc1ccccc1NC(=O)C(c1ccccc1)N(C)Cc1ccccc1C. The molecule has 0 saturated carbocycles. The zero-order valence-electron chi connectivity index (χ0n) is 17.3. The number of aryl methyl sites for hydroxylation is 1. The number of likely N-dealkylation sites (N-methyl/N-ethyl adjacent to an activating group) is 1. The van der Waals surface area contributed by atoms with Gasteiger partial charge >= 0.3 is 0 Å². The van der Waals surface area contributed by atoms with Crippen LogP contribution in [0.2, 0.25) is 0 Å². The molecule has 4 heteroatoms. The second kappa shape index (κ2) is 9.89. The van der Waals surface area contributed by atoms with E-state index < -0.39 is 6.04 Å². The third-order valence-electron chi connectivity index (χ3n) is 4.93. The number of amides is 1. The molecule has 0 aliphatic rings. The minimum Gasteiger partial charge on any atom is -0.492 e. The van der Waals surface area contributed by atoms with Gasteiger partial charge in [0.05, 0.1) is 12.3 Å². The van der Waals surface area contributed by atoms with Crippen molar-refractivity contribution >= 4 is 11.6 Å². The number of anilines is 1. The topological polar surface area (TPSA) is 41.6 Å². The van der Waals surface area contributed by atoms with E-state index in [0.717, 1.165) is 5.56 Å². The summed E-state index contributed by atoms with van der Waals surface area (Å²) < 4.78 is 5.67. The van der Waals surface area contributed by atoms with Gasteiger partial charge in [0.25, 0.3) is 0 Å². The fourth-order valence-electron chi connectivity index (χ4n) is 3.44. The van der Waals surface area contributed by atoms with Gasteiger partial charge in [0.1, 0.15) is 11.8 Å². The molecule has 0 aliphatic heterocycles. The van der Waals surface area contributed by atoms with Crippen LogP contribution in [0.3, 0.4) is 0 Å². The van der Waals surface area contributed by atoms with Crippen LogP contribution in [0.15, 0.2) is 78.9 Å². The Kier molecular flexibility index (Phi) is 7.04. The number of nitrogens with one attached hydrogen (secondary N) is 1. The molecule has 1 unspecified atom stereocenters. The summed E-state index contributed by atoms with van der Waals surface area (Å²) in [4.78, 5) is 15.5. The summed E-state index contributed by atoms with van der Waals surface area (Å²) >= 11 is 0.